The molecule has 0 saturated heterocycles. The number of ether oxygens (including phenoxy) is 1. The first-order valence-corrected chi connectivity index (χ1v) is 5.05. The first-order valence-electron chi connectivity index (χ1n) is 5.05. The summed E-state index contributed by atoms with van der Waals surface area (Å²) >= 11 is 0. The molecule has 0 aliphatic heterocycles. The molecule has 2 nitrogen and oxygen atoms in total. The number of hydrogen-bond donors (Lipinski definition) is 0. The van der Waals surface area contributed by atoms with Crippen molar-refractivity contribution in [3.8, 4) is 0 Å². The lowest BCUT2D eigenvalue weighted by Crippen LogP contribution is -2.38. The average molecular weight is 196 g/mol. The number of Topliss-reactive ketones (excluding diaryl/α,β-unsaturated/α-hetero) is 1. The van der Waals surface area contributed by atoms with Gasteiger partial charge in [0, 0.05) is 11.0 Å². The first-order chi connectivity index (χ1) is 6.28. The molecular formula is C12H20O2. The minimum absolute atomic E-state index is 0.196. The van der Waals surface area contributed by atoms with Crippen LogP contribution in [0.1, 0.15) is 40.5 Å². The minimum Gasteiger partial charge on any atom is -0.504 e. The lowest BCUT2D eigenvalue weighted by molar-refractivity contribution is -0.127. The highest BCUT2D eigenvalue weighted by molar-refractivity contribution is 6.00. The molecule has 80 valence electrons. The molecule has 0 heterocycles. The summed E-state index contributed by atoms with van der Waals surface area (Å²) in [6.45, 7) is 8.43. The topological polar surface area (TPSA) is 26.3 Å². The van der Waals surface area contributed by atoms with E-state index in [2.05, 4.69) is 13.8 Å². The van der Waals surface area contributed by atoms with E-state index in [0.29, 0.717) is 0 Å². The zero-order valence-electron chi connectivity index (χ0n) is 9.81. The molecule has 0 spiro atoms. The van der Waals surface area contributed by atoms with E-state index < -0.39 is 0 Å². The summed E-state index contributed by atoms with van der Waals surface area (Å²) in [5.41, 5.74) is 0.780. The van der Waals surface area contributed by atoms with Gasteiger partial charge in [-0.2, -0.15) is 0 Å². The van der Waals surface area contributed by atoms with E-state index in [0.717, 1.165) is 18.4 Å². The van der Waals surface area contributed by atoms with Crippen LogP contribution in [0.25, 0.3) is 0 Å². The summed E-state index contributed by atoms with van der Waals surface area (Å²) in [5.74, 6) is 0.235. The normalized spacial score (nSPS) is 27.8. The third-order valence-corrected chi connectivity index (χ3v) is 2.76. The predicted molar refractivity (Wildman–Crippen MR) is 56.9 cm³/mol. The van der Waals surface area contributed by atoms with Crippen LogP contribution in [0.2, 0.25) is 0 Å². The lowest BCUT2D eigenvalue weighted by Gasteiger charge is -2.40. The number of carbonyl (C=O) groups is 1. The summed E-state index contributed by atoms with van der Waals surface area (Å²) in [4.78, 5) is 12.0. The number of rotatable bonds is 1. The highest BCUT2D eigenvalue weighted by Crippen LogP contribution is 2.45. The molecule has 2 heteroatoms. The van der Waals surface area contributed by atoms with Crippen LogP contribution >= 0.6 is 0 Å². The fourth-order valence-corrected chi connectivity index (χ4v) is 2.61. The molecular weight excluding hydrogens is 176 g/mol. The van der Waals surface area contributed by atoms with E-state index in [1.807, 2.05) is 13.8 Å². The van der Waals surface area contributed by atoms with E-state index in [4.69, 9.17) is 4.74 Å². The van der Waals surface area contributed by atoms with Gasteiger partial charge in [-0.15, -0.1) is 0 Å². The van der Waals surface area contributed by atoms with Gasteiger partial charge in [0.25, 0.3) is 0 Å². The average Bonchev–Trinajstić information content (AvgIpc) is 1.97. The van der Waals surface area contributed by atoms with Gasteiger partial charge in [-0.3, -0.25) is 4.79 Å². The lowest BCUT2D eigenvalue weighted by atomic mass is 9.63. The first kappa shape index (κ1) is 11.3. The largest absolute Gasteiger partial charge is 0.504 e. The standard InChI is InChI=1S/C12H20O2/c1-11(2)6-9(7-14-5)10(13)12(3,4)8-11/h7H,6,8H2,1-5H3. The third kappa shape index (κ3) is 2.17. The summed E-state index contributed by atoms with van der Waals surface area (Å²) in [5, 5.41) is 0. The van der Waals surface area contributed by atoms with Gasteiger partial charge in [0.15, 0.2) is 5.78 Å². The van der Waals surface area contributed by atoms with Gasteiger partial charge < -0.3 is 4.74 Å². The highest BCUT2D eigenvalue weighted by Gasteiger charge is 2.42. The molecule has 0 atom stereocenters. The monoisotopic (exact) mass is 196 g/mol. The van der Waals surface area contributed by atoms with Crippen LogP contribution < -0.4 is 0 Å². The van der Waals surface area contributed by atoms with Crippen molar-refractivity contribution >= 4 is 5.78 Å². The van der Waals surface area contributed by atoms with Crippen molar-refractivity contribution in [2.24, 2.45) is 10.8 Å². The molecule has 0 aromatic rings. The van der Waals surface area contributed by atoms with Crippen molar-refractivity contribution < 1.29 is 9.53 Å². The summed E-state index contributed by atoms with van der Waals surface area (Å²) in [6, 6.07) is 0. The minimum atomic E-state index is -0.244. The van der Waals surface area contributed by atoms with E-state index in [1.54, 1.807) is 13.4 Å². The Kier molecular flexibility index (Phi) is 2.75. The van der Waals surface area contributed by atoms with Crippen LogP contribution in [0.15, 0.2) is 11.8 Å². The maximum atomic E-state index is 12.0. The second-order valence-corrected chi connectivity index (χ2v) is 5.61. The maximum absolute atomic E-state index is 12.0. The Balaban J connectivity index is 3.00. The van der Waals surface area contributed by atoms with Gasteiger partial charge in [-0.1, -0.05) is 27.7 Å². The summed E-state index contributed by atoms with van der Waals surface area (Å²) in [6.07, 6.45) is 3.37. The van der Waals surface area contributed by atoms with Crippen molar-refractivity contribution in [2.45, 2.75) is 40.5 Å². The van der Waals surface area contributed by atoms with Crippen LogP contribution in [-0.4, -0.2) is 12.9 Å². The van der Waals surface area contributed by atoms with Crippen molar-refractivity contribution in [1.29, 1.82) is 0 Å². The molecule has 0 unspecified atom stereocenters. The molecule has 1 aliphatic rings. The molecule has 0 N–H and O–H groups in total. The molecule has 0 aromatic heterocycles. The fourth-order valence-electron chi connectivity index (χ4n) is 2.61. The Morgan fingerprint density at radius 3 is 2.36 bits per heavy atom. The number of allylic oxidation sites excluding steroid dienone is 1. The molecule has 0 amide bonds. The van der Waals surface area contributed by atoms with Gasteiger partial charge in [0.05, 0.1) is 13.4 Å². The Morgan fingerprint density at radius 2 is 1.86 bits per heavy atom. The Hall–Kier alpha value is -0.790. The van der Waals surface area contributed by atoms with Crippen molar-refractivity contribution in [3.63, 3.8) is 0 Å². The second kappa shape index (κ2) is 3.41. The van der Waals surface area contributed by atoms with Crippen LogP contribution in [0, 0.1) is 10.8 Å². The SMILES string of the molecule is COC=C1CC(C)(C)CC(C)(C)C1=O. The smallest absolute Gasteiger partial charge is 0.167 e. The molecule has 1 aliphatic carbocycles. The van der Waals surface area contributed by atoms with Crippen LogP contribution in [-0.2, 0) is 9.53 Å². The molecule has 1 fully saturated rings. The Morgan fingerprint density at radius 1 is 1.29 bits per heavy atom. The summed E-state index contributed by atoms with van der Waals surface area (Å²) in [7, 11) is 1.59. The summed E-state index contributed by atoms with van der Waals surface area (Å²) < 4.78 is 4.96. The Bertz CT molecular complexity index is 272. The predicted octanol–water partition coefficient (Wildman–Crippen LogP) is 2.93. The Labute approximate surface area is 86.3 Å². The van der Waals surface area contributed by atoms with Gasteiger partial charge >= 0.3 is 0 Å². The molecule has 14 heavy (non-hydrogen) atoms. The van der Waals surface area contributed by atoms with E-state index in [1.165, 1.54) is 0 Å². The van der Waals surface area contributed by atoms with Crippen LogP contribution in [0.3, 0.4) is 0 Å². The van der Waals surface area contributed by atoms with Crippen molar-refractivity contribution in [3.05, 3.63) is 11.8 Å². The second-order valence-electron chi connectivity index (χ2n) is 5.61. The number of methoxy groups -OCH3 is 1. The van der Waals surface area contributed by atoms with Gasteiger partial charge in [-0.05, 0) is 18.3 Å². The van der Waals surface area contributed by atoms with Gasteiger partial charge in [0.2, 0.25) is 0 Å². The highest BCUT2D eigenvalue weighted by atomic mass is 16.5. The molecule has 1 saturated carbocycles. The zero-order chi connectivity index (χ0) is 11.0. The quantitative estimate of drug-likeness (QED) is 0.476. The van der Waals surface area contributed by atoms with E-state index in [9.17, 15) is 4.79 Å². The van der Waals surface area contributed by atoms with Crippen molar-refractivity contribution in [2.75, 3.05) is 7.11 Å². The van der Waals surface area contributed by atoms with E-state index in [-0.39, 0.29) is 16.6 Å². The van der Waals surface area contributed by atoms with E-state index >= 15 is 0 Å². The number of ketones is 1. The zero-order valence-corrected chi connectivity index (χ0v) is 9.81. The third-order valence-electron chi connectivity index (χ3n) is 2.76. The molecule has 0 aromatic carbocycles. The maximum Gasteiger partial charge on any atom is 0.167 e. The van der Waals surface area contributed by atoms with Gasteiger partial charge in [0.1, 0.15) is 0 Å². The number of hydrogen-bond acceptors (Lipinski definition) is 2. The molecule has 0 radical (unpaired) electrons. The molecule has 0 bridgehead atoms. The van der Waals surface area contributed by atoms with Crippen LogP contribution in [0.4, 0.5) is 0 Å². The number of carbonyl (C=O) groups excluding carboxylic acids is 1. The molecule has 1 rings (SSSR count). The van der Waals surface area contributed by atoms with Gasteiger partial charge in [-0.25, -0.2) is 0 Å². The fraction of sp³-hybridized carbons (Fsp3) is 0.750. The van der Waals surface area contributed by atoms with Crippen molar-refractivity contribution in [1.82, 2.24) is 0 Å². The van der Waals surface area contributed by atoms with Crippen LogP contribution in [0.5, 0.6) is 0 Å².